The van der Waals surface area contributed by atoms with Crippen molar-refractivity contribution < 1.29 is 9.47 Å². The molecule has 0 spiro atoms. The predicted molar refractivity (Wildman–Crippen MR) is 86.9 cm³/mol. The van der Waals surface area contributed by atoms with E-state index in [1.807, 2.05) is 0 Å². The molecule has 1 aliphatic heterocycles. The molecule has 21 heavy (non-hydrogen) atoms. The highest BCUT2D eigenvalue weighted by atomic mass is 16.5. The normalized spacial score (nSPS) is 19.0. The van der Waals surface area contributed by atoms with Crippen LogP contribution in [-0.2, 0) is 11.3 Å². The molecule has 1 heterocycles. The summed E-state index contributed by atoms with van der Waals surface area (Å²) in [5, 5.41) is 3.53. The van der Waals surface area contributed by atoms with Crippen LogP contribution in [0.25, 0.3) is 0 Å². The fraction of sp³-hybridized carbons (Fsp3) is 0.667. The predicted octanol–water partition coefficient (Wildman–Crippen LogP) is 3.61. The first-order chi connectivity index (χ1) is 9.85. The van der Waals surface area contributed by atoms with Gasteiger partial charge in [0, 0.05) is 24.6 Å². The summed E-state index contributed by atoms with van der Waals surface area (Å²) < 4.78 is 11.5. The SMILES string of the molecule is Cc1cc(CNC(C)(C)C)cc(C)c1OCC1CCOC1. The molecule has 0 saturated carbocycles. The minimum absolute atomic E-state index is 0.138. The fourth-order valence-corrected chi connectivity index (χ4v) is 2.65. The Hall–Kier alpha value is -1.06. The lowest BCUT2D eigenvalue weighted by Crippen LogP contribution is -2.35. The van der Waals surface area contributed by atoms with Crippen LogP contribution >= 0.6 is 0 Å². The number of hydrogen-bond acceptors (Lipinski definition) is 3. The van der Waals surface area contributed by atoms with Gasteiger partial charge in [0.05, 0.1) is 13.2 Å². The Kier molecular flexibility index (Phi) is 5.28. The Balaban J connectivity index is 1.99. The van der Waals surface area contributed by atoms with Crippen molar-refractivity contribution in [2.45, 2.75) is 53.1 Å². The van der Waals surface area contributed by atoms with Crippen molar-refractivity contribution in [3.05, 3.63) is 28.8 Å². The van der Waals surface area contributed by atoms with Crippen LogP contribution in [0.3, 0.4) is 0 Å². The molecule has 1 atom stereocenters. The van der Waals surface area contributed by atoms with E-state index in [4.69, 9.17) is 9.47 Å². The molecule has 0 aliphatic carbocycles. The second-order valence-corrected chi connectivity index (χ2v) is 7.20. The van der Waals surface area contributed by atoms with Gasteiger partial charge in [0.1, 0.15) is 5.75 Å². The maximum Gasteiger partial charge on any atom is 0.125 e. The first-order valence-corrected chi connectivity index (χ1v) is 7.91. The van der Waals surface area contributed by atoms with Gasteiger partial charge in [-0.05, 0) is 57.7 Å². The fourth-order valence-electron chi connectivity index (χ4n) is 2.65. The lowest BCUT2D eigenvalue weighted by atomic mass is 10.0. The number of nitrogens with one attached hydrogen (secondary N) is 1. The number of aryl methyl sites for hydroxylation is 2. The maximum atomic E-state index is 6.05. The summed E-state index contributed by atoms with van der Waals surface area (Å²) in [7, 11) is 0. The molecule has 0 amide bonds. The van der Waals surface area contributed by atoms with Crippen LogP contribution in [0, 0.1) is 19.8 Å². The van der Waals surface area contributed by atoms with Crippen LogP contribution in [-0.4, -0.2) is 25.4 Å². The van der Waals surface area contributed by atoms with Crippen LogP contribution in [0.15, 0.2) is 12.1 Å². The first kappa shape index (κ1) is 16.3. The van der Waals surface area contributed by atoms with Gasteiger partial charge in [-0.1, -0.05) is 12.1 Å². The number of ether oxygens (including phenoxy) is 2. The first-order valence-electron chi connectivity index (χ1n) is 7.91. The molecule has 118 valence electrons. The van der Waals surface area contributed by atoms with E-state index in [0.717, 1.165) is 38.5 Å². The maximum absolute atomic E-state index is 6.05. The van der Waals surface area contributed by atoms with Gasteiger partial charge in [-0.15, -0.1) is 0 Å². The highest BCUT2D eigenvalue weighted by molar-refractivity contribution is 5.43. The molecule has 0 aromatic heterocycles. The third kappa shape index (κ3) is 5.01. The summed E-state index contributed by atoms with van der Waals surface area (Å²) in [5.41, 5.74) is 3.90. The van der Waals surface area contributed by atoms with E-state index < -0.39 is 0 Å². The smallest absolute Gasteiger partial charge is 0.125 e. The van der Waals surface area contributed by atoms with Gasteiger partial charge in [-0.3, -0.25) is 0 Å². The Labute approximate surface area is 129 Å². The molecule has 1 N–H and O–H groups in total. The topological polar surface area (TPSA) is 30.5 Å². The highest BCUT2D eigenvalue weighted by Crippen LogP contribution is 2.26. The summed E-state index contributed by atoms with van der Waals surface area (Å²) in [6, 6.07) is 4.46. The van der Waals surface area contributed by atoms with E-state index in [2.05, 4.69) is 52.1 Å². The van der Waals surface area contributed by atoms with Gasteiger partial charge in [0.15, 0.2) is 0 Å². The van der Waals surface area contributed by atoms with Crippen molar-refractivity contribution >= 4 is 0 Å². The van der Waals surface area contributed by atoms with Crippen LogP contribution in [0.4, 0.5) is 0 Å². The van der Waals surface area contributed by atoms with Gasteiger partial charge in [0.25, 0.3) is 0 Å². The molecule has 1 unspecified atom stereocenters. The molecule has 3 heteroatoms. The van der Waals surface area contributed by atoms with Crippen molar-refractivity contribution in [3.8, 4) is 5.75 Å². The molecule has 1 saturated heterocycles. The zero-order valence-corrected chi connectivity index (χ0v) is 14.1. The van der Waals surface area contributed by atoms with Crippen LogP contribution in [0.1, 0.15) is 43.9 Å². The van der Waals surface area contributed by atoms with E-state index in [1.54, 1.807) is 0 Å². The molecule has 1 aromatic carbocycles. The van der Waals surface area contributed by atoms with E-state index in [-0.39, 0.29) is 5.54 Å². The number of hydrogen-bond donors (Lipinski definition) is 1. The van der Waals surface area contributed by atoms with Crippen molar-refractivity contribution in [1.82, 2.24) is 5.32 Å². The second-order valence-electron chi connectivity index (χ2n) is 7.20. The molecule has 2 rings (SSSR count). The Morgan fingerprint density at radius 1 is 1.24 bits per heavy atom. The Bertz CT molecular complexity index is 448. The zero-order chi connectivity index (χ0) is 15.5. The van der Waals surface area contributed by atoms with Crippen molar-refractivity contribution in [3.63, 3.8) is 0 Å². The van der Waals surface area contributed by atoms with E-state index in [1.165, 1.54) is 16.7 Å². The van der Waals surface area contributed by atoms with Gasteiger partial charge < -0.3 is 14.8 Å². The summed E-state index contributed by atoms with van der Waals surface area (Å²) in [4.78, 5) is 0. The average molecular weight is 291 g/mol. The van der Waals surface area contributed by atoms with Crippen molar-refractivity contribution in [2.75, 3.05) is 19.8 Å². The van der Waals surface area contributed by atoms with E-state index in [0.29, 0.717) is 5.92 Å². The summed E-state index contributed by atoms with van der Waals surface area (Å²) in [6.45, 7) is 14.2. The average Bonchev–Trinajstić information content (AvgIpc) is 2.87. The number of rotatable bonds is 5. The highest BCUT2D eigenvalue weighted by Gasteiger charge is 2.17. The summed E-state index contributed by atoms with van der Waals surface area (Å²) >= 11 is 0. The van der Waals surface area contributed by atoms with E-state index >= 15 is 0 Å². The number of benzene rings is 1. The lowest BCUT2D eigenvalue weighted by Gasteiger charge is -2.22. The van der Waals surface area contributed by atoms with Crippen LogP contribution < -0.4 is 10.1 Å². The zero-order valence-electron chi connectivity index (χ0n) is 14.1. The lowest BCUT2D eigenvalue weighted by molar-refractivity contribution is 0.166. The molecule has 1 aromatic rings. The Morgan fingerprint density at radius 2 is 1.90 bits per heavy atom. The standard InChI is InChI=1S/C18H29NO2/c1-13-8-16(10-19-18(3,4)5)9-14(2)17(13)21-12-15-6-7-20-11-15/h8-9,15,19H,6-7,10-12H2,1-5H3. The van der Waals surface area contributed by atoms with E-state index in [9.17, 15) is 0 Å². The van der Waals surface area contributed by atoms with Gasteiger partial charge in [0.2, 0.25) is 0 Å². The van der Waals surface area contributed by atoms with Crippen LogP contribution in [0.5, 0.6) is 5.75 Å². The van der Waals surface area contributed by atoms with Gasteiger partial charge in [-0.2, -0.15) is 0 Å². The molecule has 3 nitrogen and oxygen atoms in total. The molecule has 0 bridgehead atoms. The third-order valence-electron chi connectivity index (χ3n) is 3.83. The molecular formula is C18H29NO2. The van der Waals surface area contributed by atoms with Gasteiger partial charge in [-0.25, -0.2) is 0 Å². The summed E-state index contributed by atoms with van der Waals surface area (Å²) in [5.74, 6) is 1.59. The Morgan fingerprint density at radius 3 is 2.43 bits per heavy atom. The van der Waals surface area contributed by atoms with Crippen LogP contribution in [0.2, 0.25) is 0 Å². The molecule has 1 fully saturated rings. The van der Waals surface area contributed by atoms with Crippen molar-refractivity contribution in [2.24, 2.45) is 5.92 Å². The van der Waals surface area contributed by atoms with Crippen molar-refractivity contribution in [1.29, 1.82) is 0 Å². The quantitative estimate of drug-likeness (QED) is 0.899. The van der Waals surface area contributed by atoms with Gasteiger partial charge >= 0.3 is 0 Å². The largest absolute Gasteiger partial charge is 0.493 e. The third-order valence-corrected chi connectivity index (χ3v) is 3.83. The second kappa shape index (κ2) is 6.80. The monoisotopic (exact) mass is 291 g/mol. The summed E-state index contributed by atoms with van der Waals surface area (Å²) in [6.07, 6.45) is 1.12. The minimum atomic E-state index is 0.138. The molecule has 0 radical (unpaired) electrons. The molecular weight excluding hydrogens is 262 g/mol. The molecule has 1 aliphatic rings. The minimum Gasteiger partial charge on any atom is -0.493 e.